The van der Waals surface area contributed by atoms with Crippen molar-refractivity contribution in [1.82, 2.24) is 14.6 Å². The quantitative estimate of drug-likeness (QED) is 0.777. The third kappa shape index (κ3) is 1.92. The summed E-state index contributed by atoms with van der Waals surface area (Å²) in [5.74, 6) is 0.931. The number of aryl methyl sites for hydroxylation is 1. The van der Waals surface area contributed by atoms with Crippen molar-refractivity contribution in [1.29, 1.82) is 0 Å². The summed E-state index contributed by atoms with van der Waals surface area (Å²) in [7, 11) is 0. The summed E-state index contributed by atoms with van der Waals surface area (Å²) in [6.45, 7) is 4.65. The lowest BCUT2D eigenvalue weighted by Crippen LogP contribution is -2.26. The van der Waals surface area contributed by atoms with Gasteiger partial charge in [0, 0.05) is 12.6 Å². The molecule has 0 saturated heterocycles. The molecule has 0 bridgehead atoms. The lowest BCUT2D eigenvalue weighted by atomic mass is 10.2. The van der Waals surface area contributed by atoms with Gasteiger partial charge < -0.3 is 11.1 Å². The van der Waals surface area contributed by atoms with E-state index in [1.165, 1.54) is 0 Å². The number of nitrogens with zero attached hydrogens (tertiary/aromatic N) is 3. The number of nitrogens with two attached hydrogens (primary N) is 1. The van der Waals surface area contributed by atoms with Gasteiger partial charge >= 0.3 is 0 Å². The number of aromatic nitrogens is 3. The second kappa shape index (κ2) is 3.86. The minimum atomic E-state index is 0.221. The van der Waals surface area contributed by atoms with Crippen molar-refractivity contribution in [2.45, 2.75) is 19.9 Å². The van der Waals surface area contributed by atoms with Crippen LogP contribution in [0, 0.1) is 6.92 Å². The third-order valence-electron chi connectivity index (χ3n) is 2.27. The van der Waals surface area contributed by atoms with Crippen LogP contribution in [0.5, 0.6) is 0 Å². The Morgan fingerprint density at radius 3 is 3.07 bits per heavy atom. The number of hydrogen-bond acceptors (Lipinski definition) is 4. The van der Waals surface area contributed by atoms with Crippen molar-refractivity contribution >= 4 is 11.5 Å². The molecule has 0 fully saturated rings. The smallest absolute Gasteiger partial charge is 0.157 e. The SMILES string of the molecule is Cc1cc(NC(C)CN)n2ncnc2c1. The first-order valence-corrected chi connectivity index (χ1v) is 4.97. The summed E-state index contributed by atoms with van der Waals surface area (Å²) >= 11 is 0. The van der Waals surface area contributed by atoms with E-state index in [-0.39, 0.29) is 6.04 Å². The highest BCUT2D eigenvalue weighted by molar-refractivity contribution is 5.51. The number of pyridine rings is 1. The number of anilines is 1. The maximum absolute atomic E-state index is 5.57. The number of nitrogens with one attached hydrogen (secondary N) is 1. The molecule has 1 unspecified atom stereocenters. The van der Waals surface area contributed by atoms with E-state index in [1.54, 1.807) is 10.8 Å². The fraction of sp³-hybridized carbons (Fsp3) is 0.400. The van der Waals surface area contributed by atoms with Gasteiger partial charge in [0.05, 0.1) is 0 Å². The minimum absolute atomic E-state index is 0.221. The molecule has 0 spiro atoms. The Kier molecular flexibility index (Phi) is 2.55. The van der Waals surface area contributed by atoms with E-state index in [4.69, 9.17) is 5.73 Å². The lowest BCUT2D eigenvalue weighted by molar-refractivity contribution is 0.785. The average Bonchev–Trinajstić information content (AvgIpc) is 2.65. The molecule has 0 aliphatic heterocycles. The minimum Gasteiger partial charge on any atom is -0.366 e. The Balaban J connectivity index is 2.44. The van der Waals surface area contributed by atoms with Crippen LogP contribution in [0.15, 0.2) is 18.5 Å². The fourth-order valence-corrected chi connectivity index (χ4v) is 1.47. The maximum atomic E-state index is 5.57. The van der Waals surface area contributed by atoms with E-state index in [9.17, 15) is 0 Å². The summed E-state index contributed by atoms with van der Waals surface area (Å²) < 4.78 is 1.78. The zero-order valence-electron chi connectivity index (χ0n) is 8.94. The van der Waals surface area contributed by atoms with E-state index in [1.807, 2.05) is 26.0 Å². The first-order valence-electron chi connectivity index (χ1n) is 4.97. The molecule has 5 nitrogen and oxygen atoms in total. The molecule has 0 aromatic carbocycles. The lowest BCUT2D eigenvalue weighted by Gasteiger charge is -2.14. The van der Waals surface area contributed by atoms with Crippen molar-refractivity contribution in [3.63, 3.8) is 0 Å². The summed E-state index contributed by atoms with van der Waals surface area (Å²) in [5, 5.41) is 7.45. The molecule has 5 heteroatoms. The van der Waals surface area contributed by atoms with E-state index in [2.05, 4.69) is 15.4 Å². The molecule has 0 amide bonds. The molecular formula is C10H15N5. The Bertz CT molecular complexity index is 462. The van der Waals surface area contributed by atoms with E-state index >= 15 is 0 Å². The van der Waals surface area contributed by atoms with Crippen LogP contribution in [-0.2, 0) is 0 Å². The fourth-order valence-electron chi connectivity index (χ4n) is 1.47. The van der Waals surface area contributed by atoms with Gasteiger partial charge in [-0.2, -0.15) is 9.61 Å². The zero-order valence-corrected chi connectivity index (χ0v) is 8.94. The molecule has 15 heavy (non-hydrogen) atoms. The molecular weight excluding hydrogens is 190 g/mol. The summed E-state index contributed by atoms with van der Waals surface area (Å²) in [6, 6.07) is 4.25. The molecule has 2 heterocycles. The van der Waals surface area contributed by atoms with Gasteiger partial charge in [-0.1, -0.05) is 0 Å². The molecule has 0 aliphatic rings. The van der Waals surface area contributed by atoms with Gasteiger partial charge in [0.25, 0.3) is 0 Å². The van der Waals surface area contributed by atoms with Crippen LogP contribution in [0.25, 0.3) is 5.65 Å². The molecule has 80 valence electrons. The van der Waals surface area contributed by atoms with Crippen molar-refractivity contribution in [3.05, 3.63) is 24.0 Å². The van der Waals surface area contributed by atoms with Crippen molar-refractivity contribution in [2.24, 2.45) is 5.73 Å². The molecule has 1 atom stereocenters. The topological polar surface area (TPSA) is 68.2 Å². The molecule has 2 aromatic rings. The normalized spacial score (nSPS) is 13.0. The highest BCUT2D eigenvalue weighted by Crippen LogP contribution is 2.13. The standard InChI is InChI=1S/C10H15N5/c1-7-3-9-12-6-13-15(9)10(4-7)14-8(2)5-11/h3-4,6,8,14H,5,11H2,1-2H3. The van der Waals surface area contributed by atoms with Crippen molar-refractivity contribution < 1.29 is 0 Å². The van der Waals surface area contributed by atoms with Gasteiger partial charge in [0.1, 0.15) is 12.1 Å². The largest absolute Gasteiger partial charge is 0.366 e. The molecule has 2 aromatic heterocycles. The second-order valence-electron chi connectivity index (χ2n) is 3.73. The first kappa shape index (κ1) is 9.92. The average molecular weight is 205 g/mol. The number of fused-ring (bicyclic) bond motifs is 1. The van der Waals surface area contributed by atoms with Gasteiger partial charge in [-0.15, -0.1) is 0 Å². The van der Waals surface area contributed by atoms with Gasteiger partial charge in [-0.25, -0.2) is 4.98 Å². The molecule has 2 rings (SSSR count). The van der Waals surface area contributed by atoms with Crippen LogP contribution in [0.2, 0.25) is 0 Å². The Hall–Kier alpha value is -1.62. The van der Waals surface area contributed by atoms with Gasteiger partial charge in [-0.05, 0) is 31.5 Å². The van der Waals surface area contributed by atoms with Crippen LogP contribution < -0.4 is 11.1 Å². The molecule has 0 radical (unpaired) electrons. The summed E-state index contributed by atoms with van der Waals surface area (Å²) in [4.78, 5) is 4.15. The molecule has 0 aliphatic carbocycles. The predicted octanol–water partition coefficient (Wildman–Crippen LogP) is 0.797. The summed E-state index contributed by atoms with van der Waals surface area (Å²) in [5.41, 5.74) is 7.57. The van der Waals surface area contributed by atoms with Gasteiger partial charge in [0.15, 0.2) is 5.65 Å². The Morgan fingerprint density at radius 2 is 2.33 bits per heavy atom. The number of rotatable bonds is 3. The maximum Gasteiger partial charge on any atom is 0.157 e. The van der Waals surface area contributed by atoms with Crippen LogP contribution in [0.4, 0.5) is 5.82 Å². The zero-order chi connectivity index (χ0) is 10.8. The van der Waals surface area contributed by atoms with Crippen molar-refractivity contribution in [2.75, 3.05) is 11.9 Å². The van der Waals surface area contributed by atoms with Crippen LogP contribution in [0.1, 0.15) is 12.5 Å². The van der Waals surface area contributed by atoms with Crippen LogP contribution >= 0.6 is 0 Å². The predicted molar refractivity (Wildman–Crippen MR) is 59.9 cm³/mol. The highest BCUT2D eigenvalue weighted by Gasteiger charge is 2.05. The third-order valence-corrected chi connectivity index (χ3v) is 2.27. The van der Waals surface area contributed by atoms with E-state index in [0.29, 0.717) is 6.54 Å². The van der Waals surface area contributed by atoms with Gasteiger partial charge in [-0.3, -0.25) is 0 Å². The summed E-state index contributed by atoms with van der Waals surface area (Å²) in [6.07, 6.45) is 1.55. The number of hydrogen-bond donors (Lipinski definition) is 2. The van der Waals surface area contributed by atoms with E-state index < -0.39 is 0 Å². The van der Waals surface area contributed by atoms with E-state index in [0.717, 1.165) is 17.0 Å². The second-order valence-corrected chi connectivity index (χ2v) is 3.73. The Labute approximate surface area is 88.3 Å². The van der Waals surface area contributed by atoms with Crippen molar-refractivity contribution in [3.8, 4) is 0 Å². The monoisotopic (exact) mass is 205 g/mol. The van der Waals surface area contributed by atoms with Crippen LogP contribution in [-0.4, -0.2) is 27.2 Å². The highest BCUT2D eigenvalue weighted by atomic mass is 15.3. The Morgan fingerprint density at radius 1 is 1.53 bits per heavy atom. The molecule has 0 saturated carbocycles. The molecule has 3 N–H and O–H groups in total. The van der Waals surface area contributed by atoms with Gasteiger partial charge in [0.2, 0.25) is 0 Å². The first-order chi connectivity index (χ1) is 7.20. The van der Waals surface area contributed by atoms with Crippen LogP contribution in [0.3, 0.4) is 0 Å².